The Balaban J connectivity index is 1.82. The van der Waals surface area contributed by atoms with Crippen LogP contribution >= 0.6 is 0 Å². The second-order valence-electron chi connectivity index (χ2n) is 5.43. The summed E-state index contributed by atoms with van der Waals surface area (Å²) in [4.78, 5) is 0. The van der Waals surface area contributed by atoms with Gasteiger partial charge in [-0.2, -0.15) is 0 Å². The smallest absolute Gasteiger partial charge is 0.315 e. The summed E-state index contributed by atoms with van der Waals surface area (Å²) in [6.07, 6.45) is 1.09. The van der Waals surface area contributed by atoms with Gasteiger partial charge in [0.2, 0.25) is 5.89 Å². The highest BCUT2D eigenvalue weighted by molar-refractivity contribution is 5.28. The predicted octanol–water partition coefficient (Wildman–Crippen LogP) is 3.30. The van der Waals surface area contributed by atoms with Gasteiger partial charge in [0, 0.05) is 6.54 Å². The zero-order valence-corrected chi connectivity index (χ0v) is 13.0. The van der Waals surface area contributed by atoms with E-state index >= 15 is 0 Å². The van der Waals surface area contributed by atoms with Crippen molar-refractivity contribution >= 4 is 6.01 Å². The zero-order valence-electron chi connectivity index (χ0n) is 13.0. The van der Waals surface area contributed by atoms with Crippen LogP contribution < -0.4 is 10.6 Å². The van der Waals surface area contributed by atoms with Crippen LogP contribution in [0.3, 0.4) is 0 Å². The van der Waals surface area contributed by atoms with Crippen LogP contribution in [-0.2, 0) is 13.1 Å². The molecule has 0 spiro atoms. The quantitative estimate of drug-likeness (QED) is 0.730. The largest absolute Gasteiger partial charge is 0.407 e. The van der Waals surface area contributed by atoms with Crippen LogP contribution in [-0.4, -0.2) is 16.7 Å². The molecule has 2 N–H and O–H groups in total. The molecule has 5 heteroatoms. The monoisotopic (exact) mass is 288 g/mol. The highest BCUT2D eigenvalue weighted by atomic mass is 16.4. The first-order valence-electron chi connectivity index (χ1n) is 7.55. The van der Waals surface area contributed by atoms with Gasteiger partial charge in [-0.1, -0.05) is 50.1 Å². The Kier molecular flexibility index (Phi) is 5.75. The van der Waals surface area contributed by atoms with Gasteiger partial charge in [0.25, 0.3) is 0 Å². The molecular formula is C16H24N4O. The summed E-state index contributed by atoms with van der Waals surface area (Å²) in [5, 5.41) is 14.4. The van der Waals surface area contributed by atoms with E-state index in [4.69, 9.17) is 4.42 Å². The molecule has 0 aliphatic carbocycles. The molecule has 2 rings (SSSR count). The van der Waals surface area contributed by atoms with Gasteiger partial charge in [-0.25, -0.2) is 0 Å². The fraction of sp³-hybridized carbons (Fsp3) is 0.500. The molecule has 1 aromatic heterocycles. The fourth-order valence-electron chi connectivity index (χ4n) is 1.97. The molecule has 0 amide bonds. The number of aromatic nitrogens is 2. The molecular weight excluding hydrogens is 264 g/mol. The lowest BCUT2D eigenvalue weighted by molar-refractivity contribution is 0.477. The third-order valence-corrected chi connectivity index (χ3v) is 3.26. The molecule has 0 fully saturated rings. The average Bonchev–Trinajstić information content (AvgIpc) is 2.94. The number of nitrogens with zero attached hydrogens (tertiary/aromatic N) is 2. The molecule has 0 saturated carbocycles. The second-order valence-corrected chi connectivity index (χ2v) is 5.43. The van der Waals surface area contributed by atoms with Crippen molar-refractivity contribution in [1.29, 1.82) is 0 Å². The topological polar surface area (TPSA) is 63.0 Å². The van der Waals surface area contributed by atoms with E-state index in [-0.39, 0.29) is 0 Å². The van der Waals surface area contributed by atoms with Gasteiger partial charge in [-0.05, 0) is 30.0 Å². The van der Waals surface area contributed by atoms with E-state index in [1.165, 1.54) is 11.1 Å². The SMILES string of the molecule is CCCNCc1nnc(NCc2ccc(C(C)C)cc2)o1. The Morgan fingerprint density at radius 2 is 1.86 bits per heavy atom. The molecule has 114 valence electrons. The Hall–Kier alpha value is -1.88. The van der Waals surface area contributed by atoms with Crippen LogP contribution in [0, 0.1) is 0 Å². The first-order chi connectivity index (χ1) is 10.2. The van der Waals surface area contributed by atoms with E-state index in [1.54, 1.807) is 0 Å². The summed E-state index contributed by atoms with van der Waals surface area (Å²) in [6, 6.07) is 9.05. The van der Waals surface area contributed by atoms with E-state index in [1.807, 2.05) is 0 Å². The molecule has 0 saturated heterocycles. The van der Waals surface area contributed by atoms with Crippen molar-refractivity contribution in [3.63, 3.8) is 0 Å². The van der Waals surface area contributed by atoms with Crippen LogP contribution in [0.15, 0.2) is 28.7 Å². The number of hydrogen-bond donors (Lipinski definition) is 2. The maximum absolute atomic E-state index is 5.52. The van der Waals surface area contributed by atoms with Crippen molar-refractivity contribution in [2.45, 2.75) is 46.2 Å². The average molecular weight is 288 g/mol. The Bertz CT molecular complexity index is 533. The normalized spacial score (nSPS) is 11.0. The minimum atomic E-state index is 0.469. The van der Waals surface area contributed by atoms with Gasteiger partial charge >= 0.3 is 6.01 Å². The minimum Gasteiger partial charge on any atom is -0.407 e. The Labute approximate surface area is 126 Å². The molecule has 0 aliphatic rings. The molecule has 5 nitrogen and oxygen atoms in total. The summed E-state index contributed by atoms with van der Waals surface area (Å²) >= 11 is 0. The van der Waals surface area contributed by atoms with E-state index in [0.717, 1.165) is 13.0 Å². The first kappa shape index (κ1) is 15.5. The van der Waals surface area contributed by atoms with E-state index < -0.39 is 0 Å². The van der Waals surface area contributed by atoms with Gasteiger partial charge in [-0.3, -0.25) is 0 Å². The molecule has 21 heavy (non-hydrogen) atoms. The third kappa shape index (κ3) is 4.86. The minimum absolute atomic E-state index is 0.469. The molecule has 1 heterocycles. The lowest BCUT2D eigenvalue weighted by Crippen LogP contribution is -2.13. The summed E-state index contributed by atoms with van der Waals surface area (Å²) in [5.41, 5.74) is 2.55. The van der Waals surface area contributed by atoms with Crippen molar-refractivity contribution in [3.05, 3.63) is 41.3 Å². The highest BCUT2D eigenvalue weighted by Crippen LogP contribution is 2.15. The van der Waals surface area contributed by atoms with Crippen molar-refractivity contribution < 1.29 is 4.42 Å². The lowest BCUT2D eigenvalue weighted by atomic mass is 10.0. The van der Waals surface area contributed by atoms with Crippen LogP contribution in [0.1, 0.15) is 50.1 Å². The van der Waals surface area contributed by atoms with Crippen molar-refractivity contribution in [2.75, 3.05) is 11.9 Å². The van der Waals surface area contributed by atoms with Gasteiger partial charge in [0.1, 0.15) is 0 Å². The van der Waals surface area contributed by atoms with Gasteiger partial charge in [0.05, 0.1) is 6.54 Å². The summed E-state index contributed by atoms with van der Waals surface area (Å²) in [6.45, 7) is 8.76. The van der Waals surface area contributed by atoms with E-state index in [9.17, 15) is 0 Å². The number of rotatable bonds is 8. The first-order valence-corrected chi connectivity index (χ1v) is 7.55. The fourth-order valence-corrected chi connectivity index (χ4v) is 1.97. The molecule has 0 bridgehead atoms. The standard InChI is InChI=1S/C16H24N4O/c1-4-9-17-11-15-19-20-16(21-15)18-10-13-5-7-14(8-6-13)12(2)3/h5-8,12,17H,4,9-11H2,1-3H3,(H,18,20). The summed E-state index contributed by atoms with van der Waals surface area (Å²) in [5.74, 6) is 1.17. The van der Waals surface area contributed by atoms with E-state index in [0.29, 0.717) is 30.9 Å². The summed E-state index contributed by atoms with van der Waals surface area (Å²) in [7, 11) is 0. The maximum atomic E-state index is 5.52. The van der Waals surface area contributed by atoms with Crippen molar-refractivity contribution in [2.24, 2.45) is 0 Å². The molecule has 0 unspecified atom stereocenters. The second kappa shape index (κ2) is 7.78. The number of benzene rings is 1. The lowest BCUT2D eigenvalue weighted by Gasteiger charge is -2.06. The Morgan fingerprint density at radius 1 is 1.10 bits per heavy atom. The Morgan fingerprint density at radius 3 is 2.52 bits per heavy atom. The summed E-state index contributed by atoms with van der Waals surface area (Å²) < 4.78 is 5.52. The number of hydrogen-bond acceptors (Lipinski definition) is 5. The van der Waals surface area contributed by atoms with Crippen molar-refractivity contribution in [1.82, 2.24) is 15.5 Å². The number of nitrogens with one attached hydrogen (secondary N) is 2. The van der Waals surface area contributed by atoms with Crippen LogP contribution in [0.25, 0.3) is 0 Å². The van der Waals surface area contributed by atoms with Crippen LogP contribution in [0.2, 0.25) is 0 Å². The van der Waals surface area contributed by atoms with E-state index in [2.05, 4.69) is 65.9 Å². The molecule has 0 atom stereocenters. The zero-order chi connectivity index (χ0) is 15.1. The van der Waals surface area contributed by atoms with Gasteiger partial charge in [-0.15, -0.1) is 5.10 Å². The van der Waals surface area contributed by atoms with Gasteiger partial charge < -0.3 is 15.1 Å². The highest BCUT2D eigenvalue weighted by Gasteiger charge is 2.05. The van der Waals surface area contributed by atoms with Crippen LogP contribution in [0.5, 0.6) is 0 Å². The molecule has 1 aromatic carbocycles. The van der Waals surface area contributed by atoms with Crippen LogP contribution in [0.4, 0.5) is 6.01 Å². The third-order valence-electron chi connectivity index (χ3n) is 3.26. The van der Waals surface area contributed by atoms with Gasteiger partial charge in [0.15, 0.2) is 0 Å². The molecule has 0 radical (unpaired) electrons. The van der Waals surface area contributed by atoms with Crippen molar-refractivity contribution in [3.8, 4) is 0 Å². The number of anilines is 1. The maximum Gasteiger partial charge on any atom is 0.315 e. The molecule has 0 aliphatic heterocycles. The molecule has 2 aromatic rings. The predicted molar refractivity (Wildman–Crippen MR) is 84.2 cm³/mol.